The summed E-state index contributed by atoms with van der Waals surface area (Å²) < 4.78 is 10.6. The molecule has 1 fully saturated rings. The van der Waals surface area contributed by atoms with Crippen LogP contribution in [0.25, 0.3) is 6.08 Å². The zero-order valence-corrected chi connectivity index (χ0v) is 16.0. The molecular weight excluding hydrogens is 382 g/mol. The molecule has 0 saturated carbocycles. The minimum absolute atomic E-state index is 0.114. The van der Waals surface area contributed by atoms with Gasteiger partial charge in [0, 0.05) is 6.04 Å². The molecule has 140 valence electrons. The summed E-state index contributed by atoms with van der Waals surface area (Å²) in [5, 5.41) is 8.58. The van der Waals surface area contributed by atoms with Crippen LogP contribution in [0, 0.1) is 0 Å². The molecular formula is C17H18ClNO6S. The van der Waals surface area contributed by atoms with Crippen LogP contribution in [0.5, 0.6) is 11.5 Å². The van der Waals surface area contributed by atoms with E-state index in [0.717, 1.165) is 11.8 Å². The minimum Gasteiger partial charge on any atom is -0.490 e. The van der Waals surface area contributed by atoms with Crippen LogP contribution in [-0.2, 0) is 9.59 Å². The lowest BCUT2D eigenvalue weighted by molar-refractivity contribution is -0.139. The van der Waals surface area contributed by atoms with Crippen molar-refractivity contribution in [2.75, 3.05) is 13.2 Å². The first-order valence-electron chi connectivity index (χ1n) is 7.82. The number of carbonyl (C=O) groups excluding carboxylic acids is 2. The van der Waals surface area contributed by atoms with Crippen molar-refractivity contribution >= 4 is 46.6 Å². The van der Waals surface area contributed by atoms with Gasteiger partial charge in [-0.1, -0.05) is 11.6 Å². The third kappa shape index (κ3) is 4.50. The summed E-state index contributed by atoms with van der Waals surface area (Å²) in [5.74, 6) is -1.14. The van der Waals surface area contributed by atoms with E-state index in [-0.39, 0.29) is 38.6 Å². The van der Waals surface area contributed by atoms with Crippen LogP contribution in [0.1, 0.15) is 26.3 Å². The Morgan fingerprint density at radius 2 is 2.04 bits per heavy atom. The van der Waals surface area contributed by atoms with E-state index in [1.54, 1.807) is 32.9 Å². The van der Waals surface area contributed by atoms with Crippen molar-refractivity contribution in [3.8, 4) is 11.5 Å². The van der Waals surface area contributed by atoms with Crippen molar-refractivity contribution < 1.29 is 29.0 Å². The standard InChI is InChI=1S/C17H18ClNO6S/c1-4-24-12-6-10(5-11(18)15(12)25-8-14(20)21)7-13-16(22)19(9(2)3)17(23)26-13/h5-7,9H,4,8H2,1-3H3,(H,20,21). The number of carboxylic acids is 1. The van der Waals surface area contributed by atoms with Crippen LogP contribution >= 0.6 is 23.4 Å². The molecule has 0 atom stereocenters. The molecule has 9 heteroatoms. The summed E-state index contributed by atoms with van der Waals surface area (Å²) in [5.41, 5.74) is 0.537. The van der Waals surface area contributed by atoms with Gasteiger partial charge in [0.15, 0.2) is 18.1 Å². The molecule has 2 rings (SSSR count). The van der Waals surface area contributed by atoms with E-state index in [2.05, 4.69) is 0 Å². The highest BCUT2D eigenvalue weighted by Crippen LogP contribution is 2.39. The molecule has 1 aliphatic heterocycles. The second-order valence-corrected chi connectivity index (χ2v) is 6.99. The van der Waals surface area contributed by atoms with Gasteiger partial charge in [-0.15, -0.1) is 0 Å². The number of thioether (sulfide) groups is 1. The van der Waals surface area contributed by atoms with Crippen molar-refractivity contribution in [3.05, 3.63) is 27.6 Å². The maximum absolute atomic E-state index is 12.4. The van der Waals surface area contributed by atoms with Gasteiger partial charge in [-0.05, 0) is 56.3 Å². The highest BCUT2D eigenvalue weighted by Gasteiger charge is 2.36. The average Bonchev–Trinajstić information content (AvgIpc) is 2.80. The predicted octanol–water partition coefficient (Wildman–Crippen LogP) is 3.65. The number of hydrogen-bond acceptors (Lipinski definition) is 6. The maximum atomic E-state index is 12.4. The molecule has 1 heterocycles. The minimum atomic E-state index is -1.14. The van der Waals surface area contributed by atoms with Crippen molar-refractivity contribution in [2.24, 2.45) is 0 Å². The Morgan fingerprint density at radius 1 is 1.35 bits per heavy atom. The smallest absolute Gasteiger partial charge is 0.341 e. The Labute approximate surface area is 159 Å². The van der Waals surface area contributed by atoms with E-state index in [0.29, 0.717) is 12.2 Å². The Balaban J connectivity index is 2.37. The van der Waals surface area contributed by atoms with Gasteiger partial charge in [0.1, 0.15) is 0 Å². The van der Waals surface area contributed by atoms with Crippen LogP contribution in [0.15, 0.2) is 17.0 Å². The Kier molecular flexibility index (Phi) is 6.55. The third-order valence-electron chi connectivity index (χ3n) is 3.31. The van der Waals surface area contributed by atoms with Crippen LogP contribution in [0.4, 0.5) is 4.79 Å². The number of rotatable bonds is 7. The van der Waals surface area contributed by atoms with E-state index in [9.17, 15) is 14.4 Å². The Morgan fingerprint density at radius 3 is 2.58 bits per heavy atom. The van der Waals surface area contributed by atoms with Crippen molar-refractivity contribution in [1.29, 1.82) is 0 Å². The van der Waals surface area contributed by atoms with Crippen LogP contribution in [0.2, 0.25) is 5.02 Å². The van der Waals surface area contributed by atoms with Gasteiger partial charge in [0.2, 0.25) is 0 Å². The van der Waals surface area contributed by atoms with Crippen LogP contribution < -0.4 is 9.47 Å². The van der Waals surface area contributed by atoms with E-state index < -0.39 is 12.6 Å². The molecule has 26 heavy (non-hydrogen) atoms. The largest absolute Gasteiger partial charge is 0.490 e. The normalized spacial score (nSPS) is 15.9. The summed E-state index contributed by atoms with van der Waals surface area (Å²) in [4.78, 5) is 36.5. The first kappa shape index (κ1) is 20.1. The number of carboxylic acid groups (broad SMARTS) is 1. The topological polar surface area (TPSA) is 93.1 Å². The van der Waals surface area contributed by atoms with Gasteiger partial charge in [-0.2, -0.15) is 0 Å². The lowest BCUT2D eigenvalue weighted by atomic mass is 10.1. The van der Waals surface area contributed by atoms with Gasteiger partial charge in [0.05, 0.1) is 16.5 Å². The number of hydrogen-bond donors (Lipinski definition) is 1. The lowest BCUT2D eigenvalue weighted by Crippen LogP contribution is -2.34. The zero-order chi connectivity index (χ0) is 19.4. The van der Waals surface area contributed by atoms with Gasteiger partial charge in [-0.3, -0.25) is 14.5 Å². The quantitative estimate of drug-likeness (QED) is 0.699. The number of nitrogens with zero attached hydrogens (tertiary/aromatic N) is 1. The first-order valence-corrected chi connectivity index (χ1v) is 9.02. The Hall–Kier alpha value is -2.19. The second kappa shape index (κ2) is 8.46. The number of carbonyl (C=O) groups is 3. The SMILES string of the molecule is CCOc1cc(C=C2SC(=O)N(C(C)C)C2=O)cc(Cl)c1OCC(=O)O. The fraction of sp³-hybridized carbons (Fsp3) is 0.353. The van der Waals surface area contributed by atoms with E-state index in [4.69, 9.17) is 26.2 Å². The van der Waals surface area contributed by atoms with Crippen molar-refractivity contribution in [1.82, 2.24) is 4.90 Å². The molecule has 0 aliphatic carbocycles. The number of aliphatic carboxylic acids is 1. The maximum Gasteiger partial charge on any atom is 0.341 e. The fourth-order valence-electron chi connectivity index (χ4n) is 2.28. The predicted molar refractivity (Wildman–Crippen MR) is 98.7 cm³/mol. The van der Waals surface area contributed by atoms with Gasteiger partial charge < -0.3 is 14.6 Å². The summed E-state index contributed by atoms with van der Waals surface area (Å²) in [6.45, 7) is 5.03. The molecule has 0 bridgehead atoms. The lowest BCUT2D eigenvalue weighted by Gasteiger charge is -2.16. The molecule has 1 aromatic carbocycles. The third-order valence-corrected chi connectivity index (χ3v) is 4.47. The van der Waals surface area contributed by atoms with Crippen LogP contribution in [0.3, 0.4) is 0 Å². The Bertz CT molecular complexity index is 777. The number of imide groups is 1. The number of halogens is 1. The molecule has 1 aliphatic rings. The van der Waals surface area contributed by atoms with Crippen LogP contribution in [-0.4, -0.2) is 46.4 Å². The van der Waals surface area contributed by atoms with E-state index in [1.165, 1.54) is 11.0 Å². The molecule has 7 nitrogen and oxygen atoms in total. The molecule has 0 aromatic heterocycles. The summed E-state index contributed by atoms with van der Waals surface area (Å²) in [6.07, 6.45) is 1.54. The molecule has 1 N–H and O–H groups in total. The number of ether oxygens (including phenoxy) is 2. The second-order valence-electron chi connectivity index (χ2n) is 5.59. The van der Waals surface area contributed by atoms with Crippen molar-refractivity contribution in [2.45, 2.75) is 26.8 Å². The molecule has 0 unspecified atom stereocenters. The number of benzene rings is 1. The summed E-state index contributed by atoms with van der Waals surface area (Å²) in [7, 11) is 0. The van der Waals surface area contributed by atoms with Gasteiger partial charge in [0.25, 0.3) is 11.1 Å². The molecule has 0 spiro atoms. The van der Waals surface area contributed by atoms with E-state index >= 15 is 0 Å². The summed E-state index contributed by atoms with van der Waals surface area (Å²) in [6, 6.07) is 2.86. The van der Waals surface area contributed by atoms with Gasteiger partial charge >= 0.3 is 5.97 Å². The monoisotopic (exact) mass is 399 g/mol. The number of amides is 2. The first-order chi connectivity index (χ1) is 12.2. The van der Waals surface area contributed by atoms with Crippen molar-refractivity contribution in [3.63, 3.8) is 0 Å². The summed E-state index contributed by atoms with van der Waals surface area (Å²) >= 11 is 7.04. The highest BCUT2D eigenvalue weighted by molar-refractivity contribution is 8.18. The molecule has 0 radical (unpaired) electrons. The molecule has 2 amide bonds. The average molecular weight is 400 g/mol. The molecule has 1 aromatic rings. The fourth-order valence-corrected chi connectivity index (χ4v) is 3.52. The molecule has 1 saturated heterocycles. The highest BCUT2D eigenvalue weighted by atomic mass is 35.5. The van der Waals surface area contributed by atoms with Gasteiger partial charge in [-0.25, -0.2) is 4.79 Å². The zero-order valence-electron chi connectivity index (χ0n) is 14.4. The van der Waals surface area contributed by atoms with E-state index in [1.807, 2.05) is 0 Å².